The number of rotatable bonds is 4. The lowest BCUT2D eigenvalue weighted by Gasteiger charge is -2.32. The first-order valence-electron chi connectivity index (χ1n) is 7.03. The van der Waals surface area contributed by atoms with Gasteiger partial charge in [0.05, 0.1) is 6.54 Å². The van der Waals surface area contributed by atoms with Crippen molar-refractivity contribution in [1.82, 2.24) is 9.80 Å². The van der Waals surface area contributed by atoms with E-state index in [9.17, 15) is 9.59 Å². The summed E-state index contributed by atoms with van der Waals surface area (Å²) in [6.45, 7) is 2.11. The largest absolute Gasteiger partial charge is 0.347 e. The minimum atomic E-state index is -0.0524. The highest BCUT2D eigenvalue weighted by Gasteiger charge is 2.30. The van der Waals surface area contributed by atoms with Crippen LogP contribution in [0.25, 0.3) is 0 Å². The summed E-state index contributed by atoms with van der Waals surface area (Å²) < 4.78 is 0. The standard InChI is InChI=1S/C14H27N3O2/c1-10(11-6-5-7-12(15)8-11)14(19)17(4)9-13(18)16(2)3/h10-12H,5-9,15H2,1-4H3. The van der Waals surface area contributed by atoms with Crippen LogP contribution in [0.5, 0.6) is 0 Å². The van der Waals surface area contributed by atoms with E-state index in [0.717, 1.165) is 25.7 Å². The minimum Gasteiger partial charge on any atom is -0.347 e. The molecule has 1 fully saturated rings. The Kier molecular flexibility index (Phi) is 5.79. The van der Waals surface area contributed by atoms with Crippen molar-refractivity contribution in [1.29, 1.82) is 0 Å². The summed E-state index contributed by atoms with van der Waals surface area (Å²) >= 11 is 0. The van der Waals surface area contributed by atoms with Gasteiger partial charge >= 0.3 is 0 Å². The second kappa shape index (κ2) is 6.89. The van der Waals surface area contributed by atoms with Gasteiger partial charge in [0.1, 0.15) is 0 Å². The summed E-state index contributed by atoms with van der Waals surface area (Å²) in [5.74, 6) is 0.303. The van der Waals surface area contributed by atoms with Gasteiger partial charge in [0.15, 0.2) is 0 Å². The molecule has 0 aromatic heterocycles. The van der Waals surface area contributed by atoms with Gasteiger partial charge in [-0.25, -0.2) is 0 Å². The van der Waals surface area contributed by atoms with Crippen LogP contribution in [-0.4, -0.2) is 55.3 Å². The molecule has 5 nitrogen and oxygen atoms in total. The fourth-order valence-corrected chi connectivity index (χ4v) is 2.69. The monoisotopic (exact) mass is 269 g/mol. The molecule has 0 aromatic rings. The average molecular weight is 269 g/mol. The van der Waals surface area contributed by atoms with E-state index in [2.05, 4.69) is 0 Å². The maximum atomic E-state index is 12.3. The van der Waals surface area contributed by atoms with E-state index in [0.29, 0.717) is 5.92 Å². The van der Waals surface area contributed by atoms with Gasteiger partial charge in [-0.15, -0.1) is 0 Å². The molecule has 0 heterocycles. The predicted octanol–water partition coefficient (Wildman–Crippen LogP) is 0.687. The number of carbonyl (C=O) groups is 2. The molecule has 3 unspecified atom stereocenters. The van der Waals surface area contributed by atoms with E-state index in [4.69, 9.17) is 5.73 Å². The molecular formula is C14H27N3O2. The number of amides is 2. The zero-order valence-corrected chi connectivity index (χ0v) is 12.6. The first-order chi connectivity index (χ1) is 8.82. The third-order valence-electron chi connectivity index (χ3n) is 4.10. The molecule has 1 aliphatic rings. The summed E-state index contributed by atoms with van der Waals surface area (Å²) in [5.41, 5.74) is 5.97. The lowest BCUT2D eigenvalue weighted by molar-refractivity contribution is -0.141. The van der Waals surface area contributed by atoms with E-state index in [1.165, 1.54) is 9.80 Å². The molecule has 2 amide bonds. The van der Waals surface area contributed by atoms with Crippen molar-refractivity contribution >= 4 is 11.8 Å². The van der Waals surface area contributed by atoms with Crippen LogP contribution in [-0.2, 0) is 9.59 Å². The van der Waals surface area contributed by atoms with Gasteiger partial charge in [0.2, 0.25) is 11.8 Å². The molecule has 1 rings (SSSR count). The third-order valence-corrected chi connectivity index (χ3v) is 4.10. The summed E-state index contributed by atoms with van der Waals surface area (Å²) in [5, 5.41) is 0. The molecule has 3 atom stereocenters. The van der Waals surface area contributed by atoms with Gasteiger partial charge in [-0.05, 0) is 25.2 Å². The Morgan fingerprint density at radius 2 is 1.89 bits per heavy atom. The zero-order valence-electron chi connectivity index (χ0n) is 12.6. The number of hydrogen-bond acceptors (Lipinski definition) is 3. The molecule has 0 aliphatic heterocycles. The molecular weight excluding hydrogens is 242 g/mol. The second-order valence-corrected chi connectivity index (χ2v) is 5.96. The van der Waals surface area contributed by atoms with Gasteiger partial charge in [-0.1, -0.05) is 13.3 Å². The zero-order chi connectivity index (χ0) is 14.6. The van der Waals surface area contributed by atoms with Crippen LogP contribution in [0.1, 0.15) is 32.6 Å². The summed E-state index contributed by atoms with van der Waals surface area (Å²) in [7, 11) is 5.09. The number of nitrogens with zero attached hydrogens (tertiary/aromatic N) is 2. The fourth-order valence-electron chi connectivity index (χ4n) is 2.69. The van der Waals surface area contributed by atoms with E-state index in [-0.39, 0.29) is 30.3 Å². The molecule has 0 spiro atoms. The van der Waals surface area contributed by atoms with Crippen molar-refractivity contribution in [3.8, 4) is 0 Å². The first-order valence-corrected chi connectivity index (χ1v) is 7.03. The van der Waals surface area contributed by atoms with Crippen molar-refractivity contribution in [2.24, 2.45) is 17.6 Å². The van der Waals surface area contributed by atoms with E-state index >= 15 is 0 Å². The maximum absolute atomic E-state index is 12.3. The molecule has 1 aliphatic carbocycles. The molecule has 2 N–H and O–H groups in total. The van der Waals surface area contributed by atoms with E-state index in [1.54, 1.807) is 21.1 Å². The van der Waals surface area contributed by atoms with Crippen LogP contribution < -0.4 is 5.73 Å². The van der Waals surface area contributed by atoms with E-state index < -0.39 is 0 Å². The molecule has 5 heteroatoms. The normalized spacial score (nSPS) is 24.7. The van der Waals surface area contributed by atoms with Crippen LogP contribution in [0.4, 0.5) is 0 Å². The summed E-state index contributed by atoms with van der Waals surface area (Å²) in [6.07, 6.45) is 4.15. The Morgan fingerprint density at radius 3 is 2.42 bits per heavy atom. The molecule has 0 radical (unpaired) electrons. The summed E-state index contributed by atoms with van der Waals surface area (Å²) in [4.78, 5) is 27.0. The van der Waals surface area contributed by atoms with Gasteiger partial charge in [0.25, 0.3) is 0 Å². The topological polar surface area (TPSA) is 66.6 Å². The van der Waals surface area contributed by atoms with Crippen molar-refractivity contribution < 1.29 is 9.59 Å². The Labute approximate surface area is 116 Å². The molecule has 1 saturated carbocycles. The lowest BCUT2D eigenvalue weighted by atomic mass is 9.78. The van der Waals surface area contributed by atoms with Crippen LogP contribution in [0.15, 0.2) is 0 Å². The molecule has 0 aromatic carbocycles. The summed E-state index contributed by atoms with van der Waals surface area (Å²) in [6, 6.07) is 0.225. The van der Waals surface area contributed by atoms with Crippen LogP contribution in [0, 0.1) is 11.8 Å². The number of likely N-dealkylation sites (N-methyl/N-ethyl adjacent to an activating group) is 2. The van der Waals surface area contributed by atoms with Crippen molar-refractivity contribution in [2.75, 3.05) is 27.7 Å². The van der Waals surface area contributed by atoms with Crippen LogP contribution in [0.2, 0.25) is 0 Å². The molecule has 0 bridgehead atoms. The fraction of sp³-hybridized carbons (Fsp3) is 0.857. The highest BCUT2D eigenvalue weighted by molar-refractivity contribution is 5.85. The van der Waals surface area contributed by atoms with Crippen molar-refractivity contribution in [2.45, 2.75) is 38.6 Å². The minimum absolute atomic E-state index is 0.0497. The second-order valence-electron chi connectivity index (χ2n) is 5.96. The van der Waals surface area contributed by atoms with Crippen molar-refractivity contribution in [3.05, 3.63) is 0 Å². The number of nitrogens with two attached hydrogens (primary N) is 1. The average Bonchev–Trinajstić information content (AvgIpc) is 2.36. The first kappa shape index (κ1) is 16.0. The quantitative estimate of drug-likeness (QED) is 0.816. The highest BCUT2D eigenvalue weighted by Crippen LogP contribution is 2.30. The van der Waals surface area contributed by atoms with Gasteiger partial charge < -0.3 is 15.5 Å². The van der Waals surface area contributed by atoms with Crippen molar-refractivity contribution in [3.63, 3.8) is 0 Å². The Hall–Kier alpha value is -1.10. The third kappa shape index (κ3) is 4.49. The van der Waals surface area contributed by atoms with Gasteiger partial charge in [-0.2, -0.15) is 0 Å². The smallest absolute Gasteiger partial charge is 0.241 e. The maximum Gasteiger partial charge on any atom is 0.241 e. The van der Waals surface area contributed by atoms with Gasteiger partial charge in [0, 0.05) is 33.1 Å². The molecule has 0 saturated heterocycles. The number of hydrogen-bond donors (Lipinski definition) is 1. The van der Waals surface area contributed by atoms with Crippen LogP contribution in [0.3, 0.4) is 0 Å². The number of carbonyl (C=O) groups excluding carboxylic acids is 2. The Bertz CT molecular complexity index is 331. The lowest BCUT2D eigenvalue weighted by Crippen LogP contribution is -2.43. The molecule has 110 valence electrons. The van der Waals surface area contributed by atoms with Crippen LogP contribution >= 0.6 is 0 Å². The predicted molar refractivity (Wildman–Crippen MR) is 75.4 cm³/mol. The highest BCUT2D eigenvalue weighted by atomic mass is 16.2. The molecule has 19 heavy (non-hydrogen) atoms. The Morgan fingerprint density at radius 1 is 1.26 bits per heavy atom. The van der Waals surface area contributed by atoms with E-state index in [1.807, 2.05) is 6.92 Å². The van der Waals surface area contributed by atoms with Gasteiger partial charge in [-0.3, -0.25) is 9.59 Å². The SMILES string of the molecule is CC(C(=O)N(C)CC(=O)N(C)C)C1CCCC(N)C1. The Balaban J connectivity index is 2.53.